The van der Waals surface area contributed by atoms with E-state index in [0.717, 1.165) is 0 Å². The number of aromatic hydroxyl groups is 1. The largest absolute Gasteiger partial charge is 0.507 e. The van der Waals surface area contributed by atoms with Crippen LogP contribution in [0.25, 0.3) is 0 Å². The van der Waals surface area contributed by atoms with Crippen molar-refractivity contribution < 1.29 is 29.0 Å². The second-order valence-electron chi connectivity index (χ2n) is 5.62. The zero-order valence-electron chi connectivity index (χ0n) is 12.3. The molecular weight excluding hydrogens is 298 g/mol. The van der Waals surface area contributed by atoms with E-state index in [1.807, 2.05) is 21.1 Å². The molecule has 1 unspecified atom stereocenters. The molecule has 118 valence electrons. The number of nitrogens with zero attached hydrogens (tertiary/aromatic N) is 1. The minimum atomic E-state index is -1.03. The van der Waals surface area contributed by atoms with E-state index < -0.39 is 18.0 Å². The van der Waals surface area contributed by atoms with Crippen molar-refractivity contribution in [1.82, 2.24) is 0 Å². The molecule has 0 heterocycles. The number of rotatable bonds is 6. The number of ether oxygens (including phenoxy) is 1. The molecule has 0 fully saturated rings. The van der Waals surface area contributed by atoms with Crippen LogP contribution in [0.3, 0.4) is 0 Å². The third-order valence-corrected chi connectivity index (χ3v) is 2.55. The molecule has 0 aromatic heterocycles. The number of para-hydroxylation sites is 1. The lowest BCUT2D eigenvalue weighted by Crippen LogP contribution is -2.43. The predicted octanol–water partition coefficient (Wildman–Crippen LogP) is 1.52. The molecule has 0 saturated heterocycles. The number of hydrogen-bond acceptors (Lipinski definition) is 4. The minimum absolute atomic E-state index is 0. The van der Waals surface area contributed by atoms with Gasteiger partial charge in [0.15, 0.2) is 6.10 Å². The minimum Gasteiger partial charge on any atom is -0.507 e. The second-order valence-corrected chi connectivity index (χ2v) is 5.62. The van der Waals surface area contributed by atoms with Gasteiger partial charge in [0.05, 0.1) is 27.6 Å². The highest BCUT2D eigenvalue weighted by Gasteiger charge is 2.26. The van der Waals surface area contributed by atoms with Crippen molar-refractivity contribution in [3.63, 3.8) is 0 Å². The summed E-state index contributed by atoms with van der Waals surface area (Å²) in [6.45, 7) is 0.367. The van der Waals surface area contributed by atoms with Gasteiger partial charge in [0.25, 0.3) is 0 Å². The van der Waals surface area contributed by atoms with E-state index in [-0.39, 0.29) is 30.1 Å². The number of carbonyl (C=O) groups excluding carboxylic acids is 1. The maximum atomic E-state index is 12.0. The molecular formula is C14H21ClNO5+. The lowest BCUT2D eigenvalue weighted by molar-refractivity contribution is -0.873. The van der Waals surface area contributed by atoms with E-state index in [0.29, 0.717) is 11.0 Å². The molecule has 0 saturated carbocycles. The summed E-state index contributed by atoms with van der Waals surface area (Å²) in [7, 11) is 5.63. The third kappa shape index (κ3) is 6.97. The third-order valence-electron chi connectivity index (χ3n) is 2.55. The molecule has 0 aliphatic heterocycles. The van der Waals surface area contributed by atoms with Crippen LogP contribution in [-0.2, 0) is 9.53 Å². The Morgan fingerprint density at radius 1 is 1.24 bits per heavy atom. The van der Waals surface area contributed by atoms with Gasteiger partial charge in [-0.25, -0.2) is 4.79 Å². The first-order valence-electron chi connectivity index (χ1n) is 6.20. The molecule has 0 spiro atoms. The van der Waals surface area contributed by atoms with Crippen LogP contribution in [0, 0.1) is 0 Å². The van der Waals surface area contributed by atoms with Gasteiger partial charge in [-0.1, -0.05) is 12.1 Å². The van der Waals surface area contributed by atoms with Crippen LogP contribution < -0.4 is 0 Å². The standard InChI is InChI=1S/C14H19NO5.ClH/c1-15(2,3)9-10(8-13(17)18)20-14(19)11-6-4-5-7-12(11)16;/h4-7,10H,8-9H2,1-3H3,(H-,16,17,18,19);1H/p+1. The Hall–Kier alpha value is -1.79. The highest BCUT2D eigenvalue weighted by atomic mass is 35.5. The molecule has 0 aliphatic rings. The molecule has 0 radical (unpaired) electrons. The number of aliphatic carboxylic acids is 1. The van der Waals surface area contributed by atoms with Gasteiger partial charge in [0.1, 0.15) is 17.9 Å². The number of carbonyl (C=O) groups is 2. The summed E-state index contributed by atoms with van der Waals surface area (Å²) in [6, 6.07) is 6.00. The Labute approximate surface area is 129 Å². The van der Waals surface area contributed by atoms with E-state index in [9.17, 15) is 14.7 Å². The van der Waals surface area contributed by atoms with Crippen molar-refractivity contribution in [1.29, 1.82) is 0 Å². The van der Waals surface area contributed by atoms with Crippen LogP contribution >= 0.6 is 12.4 Å². The first-order valence-corrected chi connectivity index (χ1v) is 6.20. The summed E-state index contributed by atoms with van der Waals surface area (Å²) in [6.07, 6.45) is -1.02. The Bertz CT molecular complexity index is 498. The molecule has 2 N–H and O–H groups in total. The maximum Gasteiger partial charge on any atom is 0.342 e. The summed E-state index contributed by atoms with van der Waals surface area (Å²) in [5.74, 6) is -1.94. The second kappa shape index (κ2) is 7.85. The first-order chi connectivity index (χ1) is 9.19. The molecule has 6 nitrogen and oxygen atoms in total. The number of esters is 1. The fraction of sp³-hybridized carbons (Fsp3) is 0.429. The smallest absolute Gasteiger partial charge is 0.342 e. The molecule has 7 heteroatoms. The van der Waals surface area contributed by atoms with Crippen molar-refractivity contribution in [2.45, 2.75) is 12.5 Å². The van der Waals surface area contributed by atoms with E-state index >= 15 is 0 Å². The topological polar surface area (TPSA) is 83.8 Å². The van der Waals surface area contributed by atoms with E-state index in [2.05, 4.69) is 0 Å². The molecule has 21 heavy (non-hydrogen) atoms. The summed E-state index contributed by atoms with van der Waals surface area (Å²) in [4.78, 5) is 22.8. The van der Waals surface area contributed by atoms with Crippen molar-refractivity contribution in [3.05, 3.63) is 29.8 Å². The zero-order chi connectivity index (χ0) is 15.3. The van der Waals surface area contributed by atoms with Gasteiger partial charge >= 0.3 is 11.9 Å². The number of carboxylic acids is 1. The van der Waals surface area contributed by atoms with Gasteiger partial charge in [-0.05, 0) is 12.1 Å². The lowest BCUT2D eigenvalue weighted by Gasteiger charge is -2.28. The van der Waals surface area contributed by atoms with Gasteiger partial charge in [-0.2, -0.15) is 0 Å². The van der Waals surface area contributed by atoms with E-state index in [1.165, 1.54) is 12.1 Å². The SMILES string of the molecule is C[N+](C)(C)CC(CC(=O)O)OC(=O)c1ccccc1O.Cl. The lowest BCUT2D eigenvalue weighted by atomic mass is 10.2. The molecule has 0 aliphatic carbocycles. The molecule has 0 bridgehead atoms. The van der Waals surface area contributed by atoms with Crippen molar-refractivity contribution >= 4 is 24.3 Å². The van der Waals surface area contributed by atoms with Crippen molar-refractivity contribution in [3.8, 4) is 5.75 Å². The van der Waals surface area contributed by atoms with E-state index in [1.54, 1.807) is 12.1 Å². The maximum absolute atomic E-state index is 12.0. The number of carboxylic acid groups (broad SMARTS) is 1. The molecule has 1 rings (SSSR count). The van der Waals surface area contributed by atoms with Crippen LogP contribution in [0.4, 0.5) is 0 Å². The molecule has 1 atom stereocenters. The summed E-state index contributed by atoms with van der Waals surface area (Å²) in [5, 5.41) is 18.5. The average Bonchev–Trinajstić information content (AvgIpc) is 2.25. The van der Waals surface area contributed by atoms with Crippen LogP contribution in [0.5, 0.6) is 5.75 Å². The number of quaternary nitrogens is 1. The number of phenolic OH excluding ortho intramolecular Hbond substituents is 1. The van der Waals surface area contributed by atoms with Gasteiger partial charge in [-0.15, -0.1) is 12.4 Å². The number of halogens is 1. The number of likely N-dealkylation sites (N-methyl/N-ethyl adjacent to an activating group) is 1. The number of phenols is 1. The van der Waals surface area contributed by atoms with Crippen LogP contribution in [0.2, 0.25) is 0 Å². The van der Waals surface area contributed by atoms with Crippen molar-refractivity contribution in [2.24, 2.45) is 0 Å². The Balaban J connectivity index is 0.00000400. The summed E-state index contributed by atoms with van der Waals surface area (Å²) >= 11 is 0. The summed E-state index contributed by atoms with van der Waals surface area (Å²) < 4.78 is 5.67. The average molecular weight is 319 g/mol. The highest BCUT2D eigenvalue weighted by molar-refractivity contribution is 5.92. The quantitative estimate of drug-likeness (QED) is 0.614. The molecule has 1 aromatic carbocycles. The number of hydrogen-bond donors (Lipinski definition) is 2. The first kappa shape index (κ1) is 19.2. The van der Waals surface area contributed by atoms with Gasteiger partial charge in [0.2, 0.25) is 0 Å². The van der Waals surface area contributed by atoms with Gasteiger partial charge in [-0.3, -0.25) is 4.79 Å². The Morgan fingerprint density at radius 3 is 2.29 bits per heavy atom. The van der Waals surface area contributed by atoms with Crippen LogP contribution in [0.15, 0.2) is 24.3 Å². The highest BCUT2D eigenvalue weighted by Crippen LogP contribution is 2.18. The Kier molecular flexibility index (Phi) is 7.18. The fourth-order valence-electron chi connectivity index (χ4n) is 1.81. The monoisotopic (exact) mass is 318 g/mol. The zero-order valence-corrected chi connectivity index (χ0v) is 13.1. The van der Waals surface area contributed by atoms with Gasteiger partial charge < -0.3 is 19.4 Å². The molecule has 1 aromatic rings. The van der Waals surface area contributed by atoms with Gasteiger partial charge in [0, 0.05) is 0 Å². The number of benzene rings is 1. The normalized spacial score (nSPS) is 12.1. The van der Waals surface area contributed by atoms with Crippen LogP contribution in [-0.4, -0.2) is 60.4 Å². The predicted molar refractivity (Wildman–Crippen MR) is 79.7 cm³/mol. The van der Waals surface area contributed by atoms with Crippen LogP contribution in [0.1, 0.15) is 16.8 Å². The van der Waals surface area contributed by atoms with Crippen molar-refractivity contribution in [2.75, 3.05) is 27.7 Å². The van der Waals surface area contributed by atoms with E-state index in [4.69, 9.17) is 9.84 Å². The Morgan fingerprint density at radius 2 is 1.81 bits per heavy atom. The fourth-order valence-corrected chi connectivity index (χ4v) is 1.81. The molecule has 0 amide bonds. The summed E-state index contributed by atoms with van der Waals surface area (Å²) in [5.41, 5.74) is 0.0318.